The number of nitrogens with one attached hydrogen (secondary N) is 1. The molecule has 0 unspecified atom stereocenters. The van der Waals surface area contributed by atoms with Crippen LogP contribution in [0.5, 0.6) is 5.75 Å². The Morgan fingerprint density at radius 2 is 1.77 bits per heavy atom. The molecule has 0 aliphatic carbocycles. The van der Waals surface area contributed by atoms with Crippen LogP contribution in [0, 0.1) is 0 Å². The second-order valence-corrected chi connectivity index (χ2v) is 21.0. The van der Waals surface area contributed by atoms with Crippen LogP contribution in [0.2, 0.25) is 18.1 Å². The minimum Gasteiger partial charge on any atom is -0.598 e. The van der Waals surface area contributed by atoms with Crippen LogP contribution in [-0.2, 0) is 27.1 Å². The summed E-state index contributed by atoms with van der Waals surface area (Å²) in [5.41, 5.74) is 3.98. The van der Waals surface area contributed by atoms with Gasteiger partial charge in [-0.05, 0) is 88.1 Å². The Hall–Kier alpha value is -2.84. The molecule has 1 aromatic carbocycles. The molecule has 0 radical (unpaired) electrons. The first-order valence-corrected chi connectivity index (χ1v) is 20.2. The van der Waals surface area contributed by atoms with Crippen molar-refractivity contribution >= 4 is 30.6 Å². The molecule has 0 amide bonds. The molecular weight excluding hydrogens is 631 g/mol. The number of hydrogen-bond acceptors (Lipinski definition) is 9. The van der Waals surface area contributed by atoms with Crippen LogP contribution in [-0.4, -0.2) is 69.4 Å². The van der Waals surface area contributed by atoms with Gasteiger partial charge in [0.1, 0.15) is 17.1 Å². The lowest BCUT2D eigenvalue weighted by Gasteiger charge is -2.36. The number of fused-ring (bicyclic) bond motifs is 1. The summed E-state index contributed by atoms with van der Waals surface area (Å²) >= 11 is -1.31. The maximum atomic E-state index is 13.0. The second-order valence-electron chi connectivity index (χ2n) is 14.2. The molecule has 0 saturated heterocycles. The number of nitrogens with zero attached hydrogens (tertiary/aromatic N) is 4. The molecule has 10 nitrogen and oxygen atoms in total. The van der Waals surface area contributed by atoms with Crippen molar-refractivity contribution in [3.05, 3.63) is 66.1 Å². The Bertz CT molecular complexity index is 1620. The van der Waals surface area contributed by atoms with E-state index in [-0.39, 0.29) is 17.7 Å². The molecule has 0 aliphatic heterocycles. The third-order valence-electron chi connectivity index (χ3n) is 8.47. The Morgan fingerprint density at radius 3 is 2.45 bits per heavy atom. The predicted octanol–water partition coefficient (Wildman–Crippen LogP) is 6.89. The van der Waals surface area contributed by atoms with Gasteiger partial charge < -0.3 is 23.6 Å². The van der Waals surface area contributed by atoms with Crippen LogP contribution in [0.25, 0.3) is 28.0 Å². The van der Waals surface area contributed by atoms with Crippen molar-refractivity contribution < 1.29 is 23.6 Å². The maximum absolute atomic E-state index is 13.0. The Kier molecular flexibility index (Phi) is 12.3. The van der Waals surface area contributed by atoms with Gasteiger partial charge in [0.2, 0.25) is 0 Å². The van der Waals surface area contributed by atoms with E-state index in [0.717, 1.165) is 33.5 Å². The van der Waals surface area contributed by atoms with Gasteiger partial charge in [-0.25, -0.2) is 9.67 Å². The average molecular weight is 682 g/mol. The van der Waals surface area contributed by atoms with Gasteiger partial charge >= 0.3 is 0 Å². The predicted molar refractivity (Wildman–Crippen MR) is 192 cm³/mol. The highest BCUT2D eigenvalue weighted by molar-refractivity contribution is 7.90. The fourth-order valence-corrected chi connectivity index (χ4v) is 6.38. The summed E-state index contributed by atoms with van der Waals surface area (Å²) in [6.07, 6.45) is 2.94. The highest BCUT2D eigenvalue weighted by Crippen LogP contribution is 2.37. The van der Waals surface area contributed by atoms with Crippen LogP contribution in [0.1, 0.15) is 71.8 Å². The summed E-state index contributed by atoms with van der Waals surface area (Å²) in [4.78, 5) is 9.96. The zero-order valence-corrected chi connectivity index (χ0v) is 31.1. The van der Waals surface area contributed by atoms with Gasteiger partial charge in [-0.3, -0.25) is 4.98 Å². The smallest absolute Gasteiger partial charge is 0.192 e. The normalized spacial score (nSPS) is 14.0. The number of aliphatic hydroxyl groups is 1. The molecule has 0 aliphatic rings. The first-order valence-electron chi connectivity index (χ1n) is 16.1. The van der Waals surface area contributed by atoms with E-state index in [1.807, 2.05) is 74.0 Å². The number of aliphatic hydroxyl groups excluding tert-OH is 1. The van der Waals surface area contributed by atoms with E-state index in [0.29, 0.717) is 44.2 Å². The second kappa shape index (κ2) is 15.6. The van der Waals surface area contributed by atoms with Crippen molar-refractivity contribution in [2.24, 2.45) is 0 Å². The molecule has 4 aromatic rings. The van der Waals surface area contributed by atoms with Crippen molar-refractivity contribution in [1.82, 2.24) is 24.5 Å². The third kappa shape index (κ3) is 9.41. The van der Waals surface area contributed by atoms with Crippen LogP contribution in [0.4, 0.5) is 0 Å². The van der Waals surface area contributed by atoms with Crippen molar-refractivity contribution in [3.63, 3.8) is 0 Å². The molecule has 3 aromatic heterocycles. The number of rotatable bonds is 15. The Labute approximate surface area is 283 Å². The van der Waals surface area contributed by atoms with Gasteiger partial charge in [0, 0.05) is 30.6 Å². The Balaban J connectivity index is 1.75. The van der Waals surface area contributed by atoms with Gasteiger partial charge in [-0.1, -0.05) is 32.9 Å². The summed E-state index contributed by atoms with van der Waals surface area (Å²) in [5.74, 6) is 1.34. The molecule has 0 saturated carbocycles. The van der Waals surface area contributed by atoms with Crippen LogP contribution >= 0.6 is 0 Å². The van der Waals surface area contributed by atoms with E-state index in [4.69, 9.17) is 29.0 Å². The number of ether oxygens (including phenoxy) is 2. The fraction of sp³-hybridized carbons (Fsp3) is 0.514. The molecule has 47 heavy (non-hydrogen) atoms. The number of benzene rings is 1. The standard InChI is InChI=1S/C35H51N5O5SSi/c1-34(2,3)46(42)39-30(16-12-18-41)29-15-11-14-28(38-29)25-21-31-27(32(22-25)44-20-19-43-7)23-36-40(31)33-17-10-13-26(37-33)24-45-47(8,9)35(4,5)6/h10-11,13-15,17,21-23,30,39,41H,12,16,18-20,24H2,1-9H3/t30-,46+/m0/s1. The third-order valence-corrected chi connectivity index (χ3v) is 14.6. The number of pyridine rings is 2. The highest BCUT2D eigenvalue weighted by Gasteiger charge is 2.37. The molecule has 0 spiro atoms. The Morgan fingerprint density at radius 1 is 1.02 bits per heavy atom. The van der Waals surface area contributed by atoms with E-state index in [1.165, 1.54) is 0 Å². The fourth-order valence-electron chi connectivity index (χ4n) is 4.59. The zero-order valence-electron chi connectivity index (χ0n) is 29.3. The summed E-state index contributed by atoms with van der Waals surface area (Å²) < 4.78 is 35.6. The van der Waals surface area contributed by atoms with Crippen molar-refractivity contribution in [1.29, 1.82) is 0 Å². The van der Waals surface area contributed by atoms with Crippen LogP contribution in [0.15, 0.2) is 54.7 Å². The molecular formula is C35H51N5O5SSi. The van der Waals surface area contributed by atoms with Crippen LogP contribution in [0.3, 0.4) is 0 Å². The quantitative estimate of drug-likeness (QED) is 0.0783. The molecule has 256 valence electrons. The van der Waals surface area contributed by atoms with Gasteiger partial charge in [-0.15, -0.1) is 4.72 Å². The first kappa shape index (κ1) is 37.0. The maximum Gasteiger partial charge on any atom is 0.192 e. The van der Waals surface area contributed by atoms with E-state index >= 15 is 0 Å². The number of hydrogen-bond donors (Lipinski definition) is 2. The monoisotopic (exact) mass is 681 g/mol. The van der Waals surface area contributed by atoms with E-state index < -0.39 is 24.4 Å². The lowest BCUT2D eigenvalue weighted by molar-refractivity contribution is 0.147. The summed E-state index contributed by atoms with van der Waals surface area (Å²) in [5, 5.41) is 15.2. The van der Waals surface area contributed by atoms with Crippen molar-refractivity contribution in [2.75, 3.05) is 26.9 Å². The van der Waals surface area contributed by atoms with Crippen LogP contribution < -0.4 is 9.46 Å². The van der Waals surface area contributed by atoms with E-state index in [9.17, 15) is 9.66 Å². The van der Waals surface area contributed by atoms with Gasteiger partial charge in [0.25, 0.3) is 0 Å². The summed E-state index contributed by atoms with van der Waals surface area (Å²) in [6, 6.07) is 15.4. The minimum atomic E-state index is -1.95. The molecule has 12 heteroatoms. The molecule has 0 bridgehead atoms. The molecule has 3 heterocycles. The highest BCUT2D eigenvalue weighted by atomic mass is 32.2. The molecule has 0 fully saturated rings. The zero-order chi connectivity index (χ0) is 34.4. The molecule has 2 atom stereocenters. The molecule has 4 rings (SSSR count). The van der Waals surface area contributed by atoms with Crippen molar-refractivity contribution in [2.45, 2.75) is 89.9 Å². The van der Waals surface area contributed by atoms with Gasteiger partial charge in [0.15, 0.2) is 14.1 Å². The largest absolute Gasteiger partial charge is 0.598 e. The number of aromatic nitrogens is 4. The van der Waals surface area contributed by atoms with Gasteiger partial charge in [-0.2, -0.15) is 5.10 Å². The van der Waals surface area contributed by atoms with Gasteiger partial charge in [0.05, 0.1) is 53.4 Å². The van der Waals surface area contributed by atoms with E-state index in [2.05, 4.69) is 38.6 Å². The summed E-state index contributed by atoms with van der Waals surface area (Å²) in [6.45, 7) is 18.2. The number of methoxy groups -OCH3 is 1. The lowest BCUT2D eigenvalue weighted by atomic mass is 10.0. The topological polar surface area (TPSA) is 127 Å². The minimum absolute atomic E-state index is 0.0422. The average Bonchev–Trinajstić information content (AvgIpc) is 3.45. The first-order chi connectivity index (χ1) is 22.1. The van der Waals surface area contributed by atoms with Crippen molar-refractivity contribution in [3.8, 4) is 22.8 Å². The molecule has 2 N–H and O–H groups in total. The lowest BCUT2D eigenvalue weighted by Crippen LogP contribution is -2.41. The summed E-state index contributed by atoms with van der Waals surface area (Å²) in [7, 11) is -0.310. The van der Waals surface area contributed by atoms with E-state index in [1.54, 1.807) is 13.3 Å². The SMILES string of the molecule is COCCOc1cc(-c2cccc([C@H](CCCO)N[S@+]([O-])C(C)(C)C)n2)cc2c1cnn2-c1cccc(CO[Si](C)(C)C(C)(C)C)n1.